The summed E-state index contributed by atoms with van der Waals surface area (Å²) >= 11 is 0. The van der Waals surface area contributed by atoms with Gasteiger partial charge in [-0.1, -0.05) is 0 Å². The van der Waals surface area contributed by atoms with Crippen LogP contribution < -0.4 is 15.4 Å². The fourth-order valence-corrected chi connectivity index (χ4v) is 3.50. The molecule has 3 amide bonds. The van der Waals surface area contributed by atoms with E-state index in [-0.39, 0.29) is 30.2 Å². The number of rotatable bonds is 6. The van der Waals surface area contributed by atoms with Crippen molar-refractivity contribution in [1.29, 1.82) is 0 Å². The van der Waals surface area contributed by atoms with Gasteiger partial charge in [0, 0.05) is 37.8 Å². The Morgan fingerprint density at radius 3 is 2.61 bits per heavy atom. The largest absolute Gasteiger partial charge is 0.497 e. The van der Waals surface area contributed by atoms with Crippen LogP contribution in [-0.2, 0) is 9.59 Å². The molecule has 1 aromatic carbocycles. The summed E-state index contributed by atoms with van der Waals surface area (Å²) in [4.78, 5) is 46.7. The molecule has 9 nitrogen and oxygen atoms in total. The summed E-state index contributed by atoms with van der Waals surface area (Å²) in [7, 11) is 1.58. The van der Waals surface area contributed by atoms with Gasteiger partial charge in [-0.25, -0.2) is 9.97 Å². The number of aryl methyl sites for hydroxylation is 1. The Balaban J connectivity index is 1.65. The first-order valence-corrected chi connectivity index (χ1v) is 10.2. The van der Waals surface area contributed by atoms with Gasteiger partial charge in [-0.2, -0.15) is 0 Å². The lowest BCUT2D eigenvalue weighted by molar-refractivity contribution is -0.133. The third-order valence-corrected chi connectivity index (χ3v) is 5.22. The molecule has 2 aromatic rings. The molecule has 1 atom stereocenters. The topological polar surface area (TPSA) is 114 Å². The summed E-state index contributed by atoms with van der Waals surface area (Å²) in [6, 6.07) is 7.06. The van der Waals surface area contributed by atoms with E-state index in [1.165, 1.54) is 13.1 Å². The highest BCUT2D eigenvalue weighted by Crippen LogP contribution is 2.25. The molecule has 0 saturated carbocycles. The summed E-state index contributed by atoms with van der Waals surface area (Å²) in [5.41, 5.74) is 1.63. The average Bonchev–Trinajstić information content (AvgIpc) is 2.77. The van der Waals surface area contributed by atoms with Gasteiger partial charge < -0.3 is 20.3 Å². The van der Waals surface area contributed by atoms with Crippen LogP contribution in [0.2, 0.25) is 0 Å². The zero-order valence-corrected chi connectivity index (χ0v) is 18.0. The van der Waals surface area contributed by atoms with Gasteiger partial charge in [0.25, 0.3) is 5.91 Å². The van der Waals surface area contributed by atoms with Crippen LogP contribution in [0.5, 0.6) is 5.75 Å². The first-order chi connectivity index (χ1) is 14.9. The average molecular weight is 425 g/mol. The Bertz CT molecular complexity index is 961. The second kappa shape index (κ2) is 10.0. The molecule has 31 heavy (non-hydrogen) atoms. The predicted molar refractivity (Wildman–Crippen MR) is 115 cm³/mol. The van der Waals surface area contributed by atoms with E-state index in [2.05, 4.69) is 20.6 Å². The molecule has 0 unspecified atom stereocenters. The van der Waals surface area contributed by atoms with Crippen molar-refractivity contribution in [1.82, 2.24) is 20.2 Å². The zero-order chi connectivity index (χ0) is 22.4. The molecule has 2 N–H and O–H groups in total. The fourth-order valence-electron chi connectivity index (χ4n) is 3.50. The van der Waals surface area contributed by atoms with E-state index >= 15 is 0 Å². The van der Waals surface area contributed by atoms with Gasteiger partial charge in [0.15, 0.2) is 0 Å². The van der Waals surface area contributed by atoms with Crippen LogP contribution in [0.3, 0.4) is 0 Å². The molecular formula is C22H27N5O4. The number of carbonyl (C=O) groups is 3. The number of methoxy groups -OCH3 is 1. The second-order valence-corrected chi connectivity index (χ2v) is 7.50. The normalized spacial score (nSPS) is 15.8. The number of aromatic nitrogens is 2. The Morgan fingerprint density at radius 1 is 1.23 bits per heavy atom. The van der Waals surface area contributed by atoms with Crippen LogP contribution >= 0.6 is 0 Å². The van der Waals surface area contributed by atoms with Gasteiger partial charge in [0.05, 0.1) is 24.9 Å². The molecular weight excluding hydrogens is 398 g/mol. The quantitative estimate of drug-likeness (QED) is 0.731. The van der Waals surface area contributed by atoms with Crippen LogP contribution in [0.25, 0.3) is 0 Å². The first-order valence-electron chi connectivity index (χ1n) is 10.2. The Labute approximate surface area is 181 Å². The monoisotopic (exact) mass is 425 g/mol. The summed E-state index contributed by atoms with van der Waals surface area (Å²) in [5.74, 6) is 0.684. The number of likely N-dealkylation sites (tertiary alicyclic amines) is 1. The fraction of sp³-hybridized carbons (Fsp3) is 0.409. The number of nitrogens with zero attached hydrogens (tertiary/aromatic N) is 3. The molecule has 0 spiro atoms. The van der Waals surface area contributed by atoms with Crippen molar-refractivity contribution in [3.8, 4) is 5.75 Å². The number of hydrogen-bond donors (Lipinski definition) is 2. The van der Waals surface area contributed by atoms with E-state index in [0.29, 0.717) is 41.6 Å². The van der Waals surface area contributed by atoms with Crippen LogP contribution in [0.4, 0.5) is 5.69 Å². The lowest BCUT2D eigenvalue weighted by Gasteiger charge is -2.32. The molecule has 0 bridgehead atoms. The first kappa shape index (κ1) is 22.2. The SMILES string of the molecule is COc1ccc(NC(=O)c2cnc([C@H]3CCCN(C(=O)CNC(C)=O)C3)nc2C)cc1. The molecule has 1 fully saturated rings. The van der Waals surface area contributed by atoms with Gasteiger partial charge >= 0.3 is 0 Å². The van der Waals surface area contributed by atoms with E-state index in [1.54, 1.807) is 43.2 Å². The van der Waals surface area contributed by atoms with Crippen LogP contribution in [-0.4, -0.2) is 59.3 Å². The van der Waals surface area contributed by atoms with E-state index < -0.39 is 0 Å². The molecule has 9 heteroatoms. The number of benzene rings is 1. The van der Waals surface area contributed by atoms with E-state index in [4.69, 9.17) is 4.74 Å². The van der Waals surface area contributed by atoms with Crippen molar-refractivity contribution in [3.63, 3.8) is 0 Å². The molecule has 1 aliphatic rings. The molecule has 3 rings (SSSR count). The van der Waals surface area contributed by atoms with Gasteiger partial charge in [-0.05, 0) is 44.0 Å². The third-order valence-electron chi connectivity index (χ3n) is 5.22. The molecule has 1 aliphatic heterocycles. The number of hydrogen-bond acceptors (Lipinski definition) is 6. The summed E-state index contributed by atoms with van der Waals surface area (Å²) in [5, 5.41) is 5.37. The lowest BCUT2D eigenvalue weighted by Crippen LogP contribution is -2.44. The van der Waals surface area contributed by atoms with Crippen LogP contribution in [0.15, 0.2) is 30.5 Å². The van der Waals surface area contributed by atoms with Gasteiger partial charge in [0.2, 0.25) is 11.8 Å². The van der Waals surface area contributed by atoms with Crippen LogP contribution in [0, 0.1) is 6.92 Å². The van der Waals surface area contributed by atoms with Gasteiger partial charge in [0.1, 0.15) is 11.6 Å². The standard InChI is InChI=1S/C22H27N5O4/c1-14-19(22(30)26-17-6-8-18(31-3)9-7-17)11-24-21(25-14)16-5-4-10-27(13-16)20(29)12-23-15(2)28/h6-9,11,16H,4-5,10,12-13H2,1-3H3,(H,23,28)(H,26,30)/t16-/m0/s1. The maximum Gasteiger partial charge on any atom is 0.259 e. The number of ether oxygens (including phenoxy) is 1. The Morgan fingerprint density at radius 2 is 1.97 bits per heavy atom. The van der Waals surface area contributed by atoms with Crippen LogP contribution in [0.1, 0.15) is 47.6 Å². The molecule has 2 heterocycles. The minimum atomic E-state index is -0.287. The second-order valence-electron chi connectivity index (χ2n) is 7.50. The number of carbonyl (C=O) groups excluding carboxylic acids is 3. The highest BCUT2D eigenvalue weighted by Gasteiger charge is 2.27. The van der Waals surface area contributed by atoms with Crippen molar-refractivity contribution in [2.45, 2.75) is 32.6 Å². The maximum absolute atomic E-state index is 12.6. The number of anilines is 1. The lowest BCUT2D eigenvalue weighted by atomic mass is 9.96. The zero-order valence-electron chi connectivity index (χ0n) is 18.0. The molecule has 1 saturated heterocycles. The number of amides is 3. The minimum Gasteiger partial charge on any atom is -0.497 e. The van der Waals surface area contributed by atoms with Gasteiger partial charge in [-0.15, -0.1) is 0 Å². The third kappa shape index (κ3) is 5.78. The van der Waals surface area contributed by atoms with E-state index in [1.807, 2.05) is 0 Å². The van der Waals surface area contributed by atoms with Crippen molar-refractivity contribution >= 4 is 23.4 Å². The number of piperidine rings is 1. The molecule has 0 radical (unpaired) electrons. The molecule has 164 valence electrons. The summed E-state index contributed by atoms with van der Waals surface area (Å²) < 4.78 is 5.12. The van der Waals surface area contributed by atoms with Crippen molar-refractivity contribution in [3.05, 3.63) is 47.5 Å². The predicted octanol–water partition coefficient (Wildman–Crippen LogP) is 1.89. The minimum absolute atomic E-state index is 0.00701. The highest BCUT2D eigenvalue weighted by molar-refractivity contribution is 6.04. The van der Waals surface area contributed by atoms with Crippen molar-refractivity contribution < 1.29 is 19.1 Å². The van der Waals surface area contributed by atoms with E-state index in [9.17, 15) is 14.4 Å². The summed E-state index contributed by atoms with van der Waals surface area (Å²) in [6.45, 7) is 4.30. The Kier molecular flexibility index (Phi) is 7.17. The molecule has 1 aromatic heterocycles. The molecule has 0 aliphatic carbocycles. The van der Waals surface area contributed by atoms with Gasteiger partial charge in [-0.3, -0.25) is 14.4 Å². The number of nitrogens with one attached hydrogen (secondary N) is 2. The maximum atomic E-state index is 12.6. The summed E-state index contributed by atoms with van der Waals surface area (Å²) in [6.07, 6.45) is 3.23. The smallest absolute Gasteiger partial charge is 0.259 e. The highest BCUT2D eigenvalue weighted by atomic mass is 16.5. The van der Waals surface area contributed by atoms with E-state index in [0.717, 1.165) is 12.8 Å². The van der Waals surface area contributed by atoms with Crippen molar-refractivity contribution in [2.24, 2.45) is 0 Å². The Hall–Kier alpha value is -3.49. The van der Waals surface area contributed by atoms with Crippen molar-refractivity contribution in [2.75, 3.05) is 32.1 Å².